The van der Waals surface area contributed by atoms with Crippen LogP contribution in [0.3, 0.4) is 0 Å². The van der Waals surface area contributed by atoms with Gasteiger partial charge in [0.1, 0.15) is 17.1 Å². The Balaban J connectivity index is 1.70. The van der Waals surface area contributed by atoms with Crippen LogP contribution in [-0.4, -0.2) is 27.3 Å². The standard InChI is InChI=1S/C22H22N4O2S/c1-5-28-17-7-6-8-18-20(17)24-22(29-18)26-19(12-15(4)25-26)23-21(27)16-10-9-13(2)14(3)11-16/h6-12H,5H2,1-4H3,(H,23,27). The fourth-order valence-corrected chi connectivity index (χ4v) is 4.03. The minimum atomic E-state index is -0.176. The molecule has 0 aliphatic carbocycles. The lowest BCUT2D eigenvalue weighted by atomic mass is 10.1. The SMILES string of the molecule is CCOc1cccc2sc(-n3nc(C)cc3NC(=O)c3ccc(C)c(C)c3)nc12. The van der Waals surface area contributed by atoms with Gasteiger partial charge in [-0.05, 0) is 63.1 Å². The van der Waals surface area contributed by atoms with Gasteiger partial charge in [-0.1, -0.05) is 23.5 Å². The second-order valence-electron chi connectivity index (χ2n) is 6.87. The van der Waals surface area contributed by atoms with Gasteiger partial charge >= 0.3 is 0 Å². The Labute approximate surface area is 173 Å². The second-order valence-corrected chi connectivity index (χ2v) is 7.88. The molecule has 4 rings (SSSR count). The summed E-state index contributed by atoms with van der Waals surface area (Å²) in [6, 6.07) is 13.4. The molecule has 2 heterocycles. The third kappa shape index (κ3) is 3.73. The highest BCUT2D eigenvalue weighted by Crippen LogP contribution is 2.32. The first-order valence-electron chi connectivity index (χ1n) is 9.44. The van der Waals surface area contributed by atoms with Crippen molar-refractivity contribution in [3.63, 3.8) is 0 Å². The molecule has 7 heteroatoms. The van der Waals surface area contributed by atoms with Gasteiger partial charge in [0, 0.05) is 11.6 Å². The average molecular weight is 407 g/mol. The molecule has 148 valence electrons. The Morgan fingerprint density at radius 2 is 1.97 bits per heavy atom. The van der Waals surface area contributed by atoms with Crippen molar-refractivity contribution in [2.75, 3.05) is 11.9 Å². The summed E-state index contributed by atoms with van der Waals surface area (Å²) in [4.78, 5) is 17.5. The van der Waals surface area contributed by atoms with E-state index in [9.17, 15) is 4.79 Å². The van der Waals surface area contributed by atoms with Crippen LogP contribution < -0.4 is 10.1 Å². The maximum atomic E-state index is 12.8. The molecule has 0 aliphatic heterocycles. The quantitative estimate of drug-likeness (QED) is 0.503. The molecule has 0 saturated heterocycles. The molecule has 1 N–H and O–H groups in total. The topological polar surface area (TPSA) is 69.0 Å². The van der Waals surface area contributed by atoms with Crippen molar-refractivity contribution in [1.29, 1.82) is 0 Å². The summed E-state index contributed by atoms with van der Waals surface area (Å²) in [5.41, 5.74) is 4.44. The number of anilines is 1. The van der Waals surface area contributed by atoms with E-state index in [0.717, 1.165) is 32.8 Å². The van der Waals surface area contributed by atoms with Crippen molar-refractivity contribution in [3.8, 4) is 10.9 Å². The molecule has 1 amide bonds. The van der Waals surface area contributed by atoms with Crippen molar-refractivity contribution >= 4 is 33.3 Å². The molecule has 0 saturated carbocycles. The van der Waals surface area contributed by atoms with Gasteiger partial charge in [0.2, 0.25) is 5.13 Å². The Morgan fingerprint density at radius 3 is 2.72 bits per heavy atom. The number of hydrogen-bond donors (Lipinski definition) is 1. The first kappa shape index (κ1) is 19.1. The fraction of sp³-hybridized carbons (Fsp3) is 0.227. The molecule has 0 unspecified atom stereocenters. The number of nitrogens with one attached hydrogen (secondary N) is 1. The lowest BCUT2D eigenvalue weighted by molar-refractivity contribution is 0.102. The predicted molar refractivity (Wildman–Crippen MR) is 117 cm³/mol. The van der Waals surface area contributed by atoms with Crippen LogP contribution in [0.1, 0.15) is 34.1 Å². The summed E-state index contributed by atoms with van der Waals surface area (Å²) >= 11 is 1.50. The zero-order valence-corrected chi connectivity index (χ0v) is 17.6. The van der Waals surface area contributed by atoms with Crippen LogP contribution in [0.2, 0.25) is 0 Å². The van der Waals surface area contributed by atoms with Crippen LogP contribution in [0.4, 0.5) is 5.82 Å². The van der Waals surface area contributed by atoms with E-state index in [4.69, 9.17) is 9.72 Å². The third-order valence-electron chi connectivity index (χ3n) is 4.69. The van der Waals surface area contributed by atoms with Gasteiger partial charge in [-0.2, -0.15) is 9.78 Å². The van der Waals surface area contributed by atoms with Gasteiger partial charge in [0.15, 0.2) is 0 Å². The molecule has 0 aliphatic rings. The molecule has 29 heavy (non-hydrogen) atoms. The highest BCUT2D eigenvalue weighted by molar-refractivity contribution is 7.20. The van der Waals surface area contributed by atoms with E-state index in [0.29, 0.717) is 23.1 Å². The molecule has 0 atom stereocenters. The van der Waals surface area contributed by atoms with E-state index in [1.807, 2.05) is 70.2 Å². The normalized spacial score (nSPS) is 11.0. The van der Waals surface area contributed by atoms with Crippen molar-refractivity contribution in [1.82, 2.24) is 14.8 Å². The van der Waals surface area contributed by atoms with Crippen LogP contribution in [0, 0.1) is 20.8 Å². The zero-order valence-electron chi connectivity index (χ0n) is 16.8. The first-order valence-corrected chi connectivity index (χ1v) is 10.3. The van der Waals surface area contributed by atoms with Gasteiger partial charge in [0.25, 0.3) is 5.91 Å². The fourth-order valence-electron chi connectivity index (χ4n) is 3.08. The van der Waals surface area contributed by atoms with E-state index < -0.39 is 0 Å². The van der Waals surface area contributed by atoms with Crippen molar-refractivity contribution < 1.29 is 9.53 Å². The highest BCUT2D eigenvalue weighted by Gasteiger charge is 2.17. The van der Waals surface area contributed by atoms with E-state index in [1.165, 1.54) is 11.3 Å². The largest absolute Gasteiger partial charge is 0.492 e. The molecular formula is C22H22N4O2S. The summed E-state index contributed by atoms with van der Waals surface area (Å²) in [6.45, 7) is 8.44. The Kier molecular flexibility index (Phi) is 5.07. The number of fused-ring (bicyclic) bond motifs is 1. The number of nitrogens with zero attached hydrogens (tertiary/aromatic N) is 3. The lowest BCUT2D eigenvalue weighted by Crippen LogP contribution is -2.15. The number of carbonyl (C=O) groups is 1. The summed E-state index contributed by atoms with van der Waals surface area (Å²) in [5.74, 6) is 1.16. The summed E-state index contributed by atoms with van der Waals surface area (Å²) in [7, 11) is 0. The number of ether oxygens (including phenoxy) is 1. The summed E-state index contributed by atoms with van der Waals surface area (Å²) in [6.07, 6.45) is 0. The number of thiazole rings is 1. The average Bonchev–Trinajstić information content (AvgIpc) is 3.28. The van der Waals surface area contributed by atoms with Gasteiger partial charge in [-0.15, -0.1) is 0 Å². The van der Waals surface area contributed by atoms with Crippen molar-refractivity contribution in [3.05, 3.63) is 64.8 Å². The van der Waals surface area contributed by atoms with Gasteiger partial charge in [0.05, 0.1) is 17.0 Å². The Bertz CT molecular complexity index is 1210. The second kappa shape index (κ2) is 7.67. The molecule has 2 aromatic heterocycles. The number of aryl methyl sites for hydroxylation is 3. The predicted octanol–water partition coefficient (Wildman–Crippen LogP) is 5.06. The molecule has 0 radical (unpaired) electrons. The Morgan fingerprint density at radius 1 is 1.14 bits per heavy atom. The third-order valence-corrected chi connectivity index (χ3v) is 5.69. The number of aromatic nitrogens is 3. The van der Waals surface area contributed by atoms with Crippen LogP contribution in [0.15, 0.2) is 42.5 Å². The van der Waals surface area contributed by atoms with Crippen molar-refractivity contribution in [2.45, 2.75) is 27.7 Å². The van der Waals surface area contributed by atoms with E-state index >= 15 is 0 Å². The zero-order chi connectivity index (χ0) is 20.5. The number of hydrogen-bond acceptors (Lipinski definition) is 5. The lowest BCUT2D eigenvalue weighted by Gasteiger charge is -2.08. The summed E-state index contributed by atoms with van der Waals surface area (Å²) in [5, 5.41) is 8.19. The molecule has 0 spiro atoms. The minimum Gasteiger partial charge on any atom is -0.492 e. The number of rotatable bonds is 5. The highest BCUT2D eigenvalue weighted by atomic mass is 32.1. The molecule has 2 aromatic carbocycles. The van der Waals surface area contributed by atoms with Crippen LogP contribution >= 0.6 is 11.3 Å². The van der Waals surface area contributed by atoms with Crippen LogP contribution in [0.25, 0.3) is 15.3 Å². The molecule has 0 fully saturated rings. The monoisotopic (exact) mass is 406 g/mol. The summed E-state index contributed by atoms with van der Waals surface area (Å²) < 4.78 is 8.37. The van der Waals surface area contributed by atoms with Gasteiger partial charge in [-0.3, -0.25) is 4.79 Å². The maximum Gasteiger partial charge on any atom is 0.256 e. The van der Waals surface area contributed by atoms with Gasteiger partial charge in [-0.25, -0.2) is 4.98 Å². The molecular weight excluding hydrogens is 384 g/mol. The molecule has 4 aromatic rings. The van der Waals surface area contributed by atoms with E-state index in [1.54, 1.807) is 4.68 Å². The van der Waals surface area contributed by atoms with Crippen molar-refractivity contribution in [2.24, 2.45) is 0 Å². The molecule has 0 bridgehead atoms. The Hall–Kier alpha value is -3.19. The number of para-hydroxylation sites is 1. The first-order chi connectivity index (χ1) is 14.0. The minimum absolute atomic E-state index is 0.176. The number of benzene rings is 2. The van der Waals surface area contributed by atoms with Gasteiger partial charge < -0.3 is 10.1 Å². The van der Waals surface area contributed by atoms with Crippen LogP contribution in [0.5, 0.6) is 5.75 Å². The maximum absolute atomic E-state index is 12.8. The molecule has 6 nitrogen and oxygen atoms in total. The smallest absolute Gasteiger partial charge is 0.256 e. The van der Waals surface area contributed by atoms with E-state index in [2.05, 4.69) is 10.4 Å². The van der Waals surface area contributed by atoms with Crippen LogP contribution in [-0.2, 0) is 0 Å². The number of carbonyl (C=O) groups excluding carboxylic acids is 1. The number of amides is 1. The van der Waals surface area contributed by atoms with E-state index in [-0.39, 0.29) is 5.91 Å².